The molecule has 1 aromatic heterocycles. The Balaban J connectivity index is 2.43. The summed E-state index contributed by atoms with van der Waals surface area (Å²) < 4.78 is 43.2. The molecule has 148 valence electrons. The molecule has 0 aliphatic carbocycles. The Morgan fingerprint density at radius 1 is 1.18 bits per heavy atom. The van der Waals surface area contributed by atoms with Crippen molar-refractivity contribution >= 4 is 29.3 Å². The second-order valence-corrected chi connectivity index (χ2v) is 5.27. The van der Waals surface area contributed by atoms with Crippen LogP contribution in [-0.2, 0) is 11.0 Å². The van der Waals surface area contributed by atoms with E-state index in [4.69, 9.17) is 21.3 Å². The fraction of sp³-hybridized carbons (Fsp3) is 0.125. The maximum Gasteiger partial charge on any atom is 0.433 e. The highest BCUT2D eigenvalue weighted by Crippen LogP contribution is 2.31. The number of aromatic nitrogens is 1. The number of amidine groups is 1. The Hall–Kier alpha value is -3.83. The van der Waals surface area contributed by atoms with Crippen LogP contribution in [0, 0.1) is 0 Å². The van der Waals surface area contributed by atoms with Crippen molar-refractivity contribution in [1.82, 2.24) is 4.98 Å². The third-order valence-corrected chi connectivity index (χ3v) is 3.23. The number of nitrogens with two attached hydrogens (primary N) is 2. The zero-order valence-electron chi connectivity index (χ0n) is 14.0. The topological polar surface area (TPSA) is 153 Å². The summed E-state index contributed by atoms with van der Waals surface area (Å²) in [5.74, 6) is -1.40. The number of amides is 2. The molecule has 2 aromatic rings. The molecule has 0 atom stereocenters. The molecule has 0 saturated heterocycles. The number of anilines is 2. The van der Waals surface area contributed by atoms with Crippen molar-refractivity contribution in [2.75, 3.05) is 11.9 Å². The molecule has 6 N–H and O–H groups in total. The zero-order valence-corrected chi connectivity index (χ0v) is 14.0. The molecule has 0 unspecified atom stereocenters. The number of alkyl halides is 3. The van der Waals surface area contributed by atoms with E-state index in [2.05, 4.69) is 15.3 Å². The largest absolute Gasteiger partial charge is 0.483 e. The fourth-order valence-corrected chi connectivity index (χ4v) is 2.09. The summed E-state index contributed by atoms with van der Waals surface area (Å²) in [5, 5.41) is 11.5. The monoisotopic (exact) mass is 397 g/mol. The van der Waals surface area contributed by atoms with Gasteiger partial charge in [0, 0.05) is 11.9 Å². The van der Waals surface area contributed by atoms with E-state index in [1.165, 1.54) is 12.3 Å². The van der Waals surface area contributed by atoms with E-state index in [0.29, 0.717) is 0 Å². The molecule has 0 fully saturated rings. The van der Waals surface area contributed by atoms with Crippen LogP contribution in [0.25, 0.3) is 0 Å². The number of ether oxygens (including phenoxy) is 1. The van der Waals surface area contributed by atoms with Gasteiger partial charge in [0.2, 0.25) is 0 Å². The van der Waals surface area contributed by atoms with Crippen LogP contribution in [0.1, 0.15) is 11.1 Å². The summed E-state index contributed by atoms with van der Waals surface area (Å²) in [6.45, 7) is -0.531. The first-order chi connectivity index (χ1) is 13.1. The van der Waals surface area contributed by atoms with Crippen LogP contribution in [0.15, 0.2) is 41.5 Å². The molecule has 2 rings (SSSR count). The van der Waals surface area contributed by atoms with E-state index in [1.807, 2.05) is 0 Å². The molecule has 12 heteroatoms. The van der Waals surface area contributed by atoms with E-state index < -0.39 is 36.2 Å². The number of aliphatic imine (C=N–C) groups is 1. The van der Waals surface area contributed by atoms with E-state index in [1.54, 1.807) is 0 Å². The highest BCUT2D eigenvalue weighted by atomic mass is 19.4. The van der Waals surface area contributed by atoms with Gasteiger partial charge in [-0.25, -0.2) is 9.78 Å². The number of halogens is 3. The fourth-order valence-electron chi connectivity index (χ4n) is 2.09. The van der Waals surface area contributed by atoms with Crippen molar-refractivity contribution in [3.05, 3.63) is 47.7 Å². The van der Waals surface area contributed by atoms with Crippen molar-refractivity contribution in [1.29, 1.82) is 0 Å². The lowest BCUT2D eigenvalue weighted by Crippen LogP contribution is -2.23. The van der Waals surface area contributed by atoms with Gasteiger partial charge >= 0.3 is 12.3 Å². The molecular weight excluding hydrogens is 383 g/mol. The van der Waals surface area contributed by atoms with Gasteiger partial charge in [-0.05, 0) is 30.3 Å². The molecule has 0 bridgehead atoms. The van der Waals surface area contributed by atoms with Crippen molar-refractivity contribution in [3.63, 3.8) is 0 Å². The summed E-state index contributed by atoms with van der Waals surface area (Å²) in [7, 11) is 0. The van der Waals surface area contributed by atoms with Gasteiger partial charge in [-0.2, -0.15) is 18.2 Å². The SMILES string of the molecule is NC(=O)COc1ccnc(Nc2ccc(C(F)(F)F)cc2)c1C(N)=NC(=O)O. The average Bonchev–Trinajstić information content (AvgIpc) is 2.59. The summed E-state index contributed by atoms with van der Waals surface area (Å²) in [4.78, 5) is 28.9. The lowest BCUT2D eigenvalue weighted by Gasteiger charge is -2.15. The van der Waals surface area contributed by atoms with E-state index in [9.17, 15) is 22.8 Å². The van der Waals surface area contributed by atoms with Gasteiger partial charge in [-0.3, -0.25) is 4.79 Å². The van der Waals surface area contributed by atoms with Crippen LogP contribution in [0.5, 0.6) is 5.75 Å². The molecule has 0 aliphatic rings. The maximum absolute atomic E-state index is 12.7. The van der Waals surface area contributed by atoms with Crippen LogP contribution in [0.4, 0.5) is 29.5 Å². The van der Waals surface area contributed by atoms with Crippen LogP contribution >= 0.6 is 0 Å². The highest BCUT2D eigenvalue weighted by Gasteiger charge is 2.30. The van der Waals surface area contributed by atoms with E-state index in [-0.39, 0.29) is 22.8 Å². The lowest BCUT2D eigenvalue weighted by atomic mass is 10.1. The number of nitrogens with zero attached hydrogens (tertiary/aromatic N) is 2. The van der Waals surface area contributed by atoms with E-state index in [0.717, 1.165) is 24.3 Å². The van der Waals surface area contributed by atoms with Gasteiger partial charge in [0.15, 0.2) is 6.61 Å². The minimum absolute atomic E-state index is 0.0503. The van der Waals surface area contributed by atoms with Gasteiger partial charge in [0.1, 0.15) is 23.0 Å². The van der Waals surface area contributed by atoms with Crippen molar-refractivity contribution < 1.29 is 32.6 Å². The number of pyridine rings is 1. The Bertz CT molecular complexity index is 913. The second-order valence-electron chi connectivity index (χ2n) is 5.27. The number of carbonyl (C=O) groups excluding carboxylic acids is 1. The summed E-state index contributed by atoms with van der Waals surface area (Å²) >= 11 is 0. The quantitative estimate of drug-likeness (QED) is 0.430. The van der Waals surface area contributed by atoms with Crippen LogP contribution in [0.2, 0.25) is 0 Å². The normalized spacial score (nSPS) is 11.8. The van der Waals surface area contributed by atoms with Crippen LogP contribution in [-0.4, -0.2) is 34.5 Å². The molecule has 0 radical (unpaired) electrons. The third-order valence-electron chi connectivity index (χ3n) is 3.23. The summed E-state index contributed by atoms with van der Waals surface area (Å²) in [6, 6.07) is 5.29. The number of hydrogen-bond acceptors (Lipinski definition) is 5. The molecule has 0 saturated carbocycles. The third kappa shape index (κ3) is 5.33. The predicted octanol–water partition coefficient (Wildman–Crippen LogP) is 2.09. The number of rotatable bonds is 6. The standard InChI is InChI=1S/C16H14F3N5O4/c17-16(18,19)8-1-3-9(4-2-8)23-14-12(13(21)24-15(26)27)10(5-6-22-14)28-7-11(20)25/h1-6H,7H2,(H2,20,25)(H2,21,24)(H,22,23)(H,26,27). The zero-order chi connectivity index (χ0) is 20.9. The first-order valence-corrected chi connectivity index (χ1v) is 7.49. The average molecular weight is 397 g/mol. The summed E-state index contributed by atoms with van der Waals surface area (Å²) in [5.41, 5.74) is 9.95. The van der Waals surface area contributed by atoms with Gasteiger partial charge in [-0.1, -0.05) is 0 Å². The van der Waals surface area contributed by atoms with Crippen LogP contribution < -0.4 is 21.5 Å². The van der Waals surface area contributed by atoms with E-state index >= 15 is 0 Å². The molecule has 9 nitrogen and oxygen atoms in total. The number of hydrogen-bond donors (Lipinski definition) is 4. The number of carbonyl (C=O) groups is 2. The number of primary amides is 1. The second kappa shape index (κ2) is 8.24. The molecule has 2 amide bonds. The highest BCUT2D eigenvalue weighted by molar-refractivity contribution is 6.08. The molecule has 1 aromatic carbocycles. The predicted molar refractivity (Wildman–Crippen MR) is 92.4 cm³/mol. The van der Waals surface area contributed by atoms with Gasteiger partial charge in [0.25, 0.3) is 5.91 Å². The van der Waals surface area contributed by atoms with Gasteiger partial charge in [-0.15, -0.1) is 0 Å². The first-order valence-electron chi connectivity index (χ1n) is 7.49. The molecule has 0 aliphatic heterocycles. The Labute approximate surface area is 155 Å². The van der Waals surface area contributed by atoms with Crippen molar-refractivity contribution in [2.24, 2.45) is 16.5 Å². The van der Waals surface area contributed by atoms with Crippen LogP contribution in [0.3, 0.4) is 0 Å². The van der Waals surface area contributed by atoms with Gasteiger partial charge < -0.3 is 26.6 Å². The first kappa shape index (κ1) is 20.5. The number of nitrogens with one attached hydrogen (secondary N) is 1. The minimum Gasteiger partial charge on any atom is -0.483 e. The maximum atomic E-state index is 12.7. The van der Waals surface area contributed by atoms with Gasteiger partial charge in [0.05, 0.1) is 5.56 Å². The Kier molecular flexibility index (Phi) is 6.03. The minimum atomic E-state index is -4.50. The molecule has 28 heavy (non-hydrogen) atoms. The lowest BCUT2D eigenvalue weighted by molar-refractivity contribution is -0.137. The smallest absolute Gasteiger partial charge is 0.433 e. The molecule has 1 heterocycles. The molecule has 0 spiro atoms. The van der Waals surface area contributed by atoms with Crippen molar-refractivity contribution in [2.45, 2.75) is 6.18 Å². The Morgan fingerprint density at radius 2 is 1.82 bits per heavy atom. The Morgan fingerprint density at radius 3 is 2.36 bits per heavy atom. The molecular formula is C16H14F3N5O4. The van der Waals surface area contributed by atoms with Crippen molar-refractivity contribution in [3.8, 4) is 5.75 Å². The number of carboxylic acid groups (broad SMARTS) is 1. The number of benzene rings is 1. The summed E-state index contributed by atoms with van der Waals surface area (Å²) in [6.07, 6.45) is -4.84.